The number of aromatic nitrogens is 2. The van der Waals surface area contributed by atoms with Crippen molar-refractivity contribution in [3.05, 3.63) is 16.4 Å². The predicted molar refractivity (Wildman–Crippen MR) is 59.5 cm³/mol. The summed E-state index contributed by atoms with van der Waals surface area (Å²) in [5, 5.41) is 19.7. The topological polar surface area (TPSA) is 84.4 Å². The Kier molecular flexibility index (Phi) is 4.24. The Morgan fingerprint density at radius 3 is 2.81 bits per heavy atom. The molecule has 0 spiro atoms. The summed E-state index contributed by atoms with van der Waals surface area (Å²) in [6.45, 7) is 2.96. The van der Waals surface area contributed by atoms with Crippen LogP contribution in [0.4, 0.5) is 11.6 Å². The van der Waals surface area contributed by atoms with Gasteiger partial charge in [0, 0.05) is 20.1 Å². The molecule has 90 valence electrons. The van der Waals surface area contributed by atoms with Crippen molar-refractivity contribution >= 4 is 11.6 Å². The van der Waals surface area contributed by atoms with Crippen molar-refractivity contribution in [2.45, 2.75) is 13.3 Å². The highest BCUT2D eigenvalue weighted by molar-refractivity contribution is 5.54. The summed E-state index contributed by atoms with van der Waals surface area (Å²) in [6, 6.07) is 0. The number of hydrogen-bond acceptors (Lipinski definition) is 5. The molecule has 1 heterocycles. The number of aliphatic hydroxyl groups excluding tert-OH is 1. The Labute approximate surface area is 93.5 Å². The molecule has 0 fully saturated rings. The first-order chi connectivity index (χ1) is 7.61. The zero-order valence-corrected chi connectivity index (χ0v) is 9.46. The molecule has 0 atom stereocenters. The lowest BCUT2D eigenvalue weighted by Crippen LogP contribution is -2.29. The third-order valence-corrected chi connectivity index (χ3v) is 2.22. The molecule has 1 aromatic rings. The smallest absolute Gasteiger partial charge is 0.395 e. The van der Waals surface area contributed by atoms with E-state index in [0.29, 0.717) is 18.9 Å². The second kappa shape index (κ2) is 5.45. The first-order valence-electron chi connectivity index (χ1n) is 5.13. The summed E-state index contributed by atoms with van der Waals surface area (Å²) in [6.07, 6.45) is 2.26. The van der Waals surface area contributed by atoms with Gasteiger partial charge in [0.05, 0.1) is 6.61 Å². The number of imidazole rings is 1. The van der Waals surface area contributed by atoms with E-state index >= 15 is 0 Å². The third-order valence-electron chi connectivity index (χ3n) is 2.22. The van der Waals surface area contributed by atoms with E-state index in [-0.39, 0.29) is 12.4 Å². The molecule has 0 unspecified atom stereocenters. The van der Waals surface area contributed by atoms with Crippen molar-refractivity contribution in [2.24, 2.45) is 7.05 Å². The molecule has 0 aliphatic carbocycles. The summed E-state index contributed by atoms with van der Waals surface area (Å²) in [5.74, 6) is 0.283. The van der Waals surface area contributed by atoms with Gasteiger partial charge in [-0.15, -0.1) is 0 Å². The summed E-state index contributed by atoms with van der Waals surface area (Å²) in [7, 11) is 1.70. The van der Waals surface area contributed by atoms with E-state index in [1.807, 2.05) is 6.92 Å². The van der Waals surface area contributed by atoms with Gasteiger partial charge in [0.2, 0.25) is 12.1 Å². The normalized spacial score (nSPS) is 10.4. The van der Waals surface area contributed by atoms with E-state index in [0.717, 1.165) is 6.42 Å². The van der Waals surface area contributed by atoms with E-state index < -0.39 is 4.92 Å². The van der Waals surface area contributed by atoms with Crippen LogP contribution < -0.4 is 4.90 Å². The zero-order chi connectivity index (χ0) is 12.1. The Hall–Kier alpha value is -1.63. The number of aliphatic hydroxyl groups is 1. The van der Waals surface area contributed by atoms with E-state index in [9.17, 15) is 10.1 Å². The molecule has 1 aromatic heterocycles. The third kappa shape index (κ3) is 2.48. The lowest BCUT2D eigenvalue weighted by Gasteiger charge is -2.21. The summed E-state index contributed by atoms with van der Waals surface area (Å²) in [4.78, 5) is 15.8. The minimum Gasteiger partial charge on any atom is -0.395 e. The maximum absolute atomic E-state index is 10.8. The quantitative estimate of drug-likeness (QED) is 0.567. The van der Waals surface area contributed by atoms with Crippen LogP contribution in [0.3, 0.4) is 0 Å². The minimum absolute atomic E-state index is 0.0394. The Morgan fingerprint density at radius 2 is 2.31 bits per heavy atom. The van der Waals surface area contributed by atoms with Crippen molar-refractivity contribution in [3.63, 3.8) is 0 Å². The van der Waals surface area contributed by atoms with Gasteiger partial charge < -0.3 is 20.1 Å². The number of hydrogen-bond donors (Lipinski definition) is 1. The van der Waals surface area contributed by atoms with Crippen LogP contribution in [-0.2, 0) is 7.05 Å². The van der Waals surface area contributed by atoms with Crippen LogP contribution in [0.2, 0.25) is 0 Å². The van der Waals surface area contributed by atoms with Crippen molar-refractivity contribution in [2.75, 3.05) is 24.6 Å². The number of nitro groups is 1. The SMILES string of the molecule is CCCN(CCO)c1c([N+](=O)[O-])ncn1C. The first kappa shape index (κ1) is 12.4. The highest BCUT2D eigenvalue weighted by Crippen LogP contribution is 2.25. The molecule has 0 radical (unpaired) electrons. The van der Waals surface area contributed by atoms with E-state index in [2.05, 4.69) is 4.98 Å². The van der Waals surface area contributed by atoms with Crippen LogP contribution in [0.15, 0.2) is 6.33 Å². The number of nitrogens with zero attached hydrogens (tertiary/aromatic N) is 4. The second-order valence-corrected chi connectivity index (χ2v) is 3.47. The average molecular weight is 228 g/mol. The molecule has 7 nitrogen and oxygen atoms in total. The largest absolute Gasteiger partial charge is 0.406 e. The standard InChI is InChI=1S/C9H16N4O3/c1-3-4-12(5-6-14)9-8(13(15)16)10-7-11(9)2/h7,14H,3-6H2,1-2H3. The fourth-order valence-electron chi connectivity index (χ4n) is 1.62. The van der Waals surface area contributed by atoms with Crippen molar-refractivity contribution in [1.82, 2.24) is 9.55 Å². The van der Waals surface area contributed by atoms with Crippen LogP contribution in [0, 0.1) is 10.1 Å². The molecular weight excluding hydrogens is 212 g/mol. The average Bonchev–Trinajstić information content (AvgIpc) is 2.60. The lowest BCUT2D eigenvalue weighted by molar-refractivity contribution is -0.388. The zero-order valence-electron chi connectivity index (χ0n) is 9.46. The number of rotatable bonds is 6. The molecule has 0 aliphatic heterocycles. The minimum atomic E-state index is -0.505. The van der Waals surface area contributed by atoms with Gasteiger partial charge in [0.1, 0.15) is 0 Å². The molecule has 1 N–H and O–H groups in total. The molecule has 0 aromatic carbocycles. The van der Waals surface area contributed by atoms with Crippen LogP contribution in [0.25, 0.3) is 0 Å². The Balaban J connectivity index is 3.05. The maximum Gasteiger partial charge on any atom is 0.406 e. The second-order valence-electron chi connectivity index (χ2n) is 3.47. The molecule has 0 aliphatic rings. The number of anilines is 1. The Bertz CT molecular complexity index is 358. The summed E-state index contributed by atoms with van der Waals surface area (Å²) in [5.41, 5.74) is 0. The summed E-state index contributed by atoms with van der Waals surface area (Å²) >= 11 is 0. The van der Waals surface area contributed by atoms with E-state index in [1.165, 1.54) is 6.33 Å². The van der Waals surface area contributed by atoms with E-state index in [1.54, 1.807) is 16.5 Å². The van der Waals surface area contributed by atoms with Gasteiger partial charge >= 0.3 is 5.82 Å². The van der Waals surface area contributed by atoms with Crippen LogP contribution in [0.1, 0.15) is 13.3 Å². The molecule has 1 rings (SSSR count). The van der Waals surface area contributed by atoms with Crippen molar-refractivity contribution in [1.29, 1.82) is 0 Å². The molecule has 0 saturated carbocycles. The van der Waals surface area contributed by atoms with Gasteiger partial charge in [0.15, 0.2) is 0 Å². The van der Waals surface area contributed by atoms with Gasteiger partial charge in [0.25, 0.3) is 0 Å². The van der Waals surface area contributed by atoms with Crippen LogP contribution in [-0.4, -0.2) is 39.3 Å². The lowest BCUT2D eigenvalue weighted by atomic mass is 10.4. The Morgan fingerprint density at radius 1 is 1.62 bits per heavy atom. The van der Waals surface area contributed by atoms with Crippen LogP contribution in [0.5, 0.6) is 0 Å². The monoisotopic (exact) mass is 228 g/mol. The van der Waals surface area contributed by atoms with Gasteiger partial charge in [-0.25, -0.2) is 0 Å². The first-order valence-corrected chi connectivity index (χ1v) is 5.13. The fraction of sp³-hybridized carbons (Fsp3) is 0.667. The van der Waals surface area contributed by atoms with Crippen LogP contribution >= 0.6 is 0 Å². The highest BCUT2D eigenvalue weighted by Gasteiger charge is 2.24. The molecule has 0 saturated heterocycles. The van der Waals surface area contributed by atoms with Gasteiger partial charge in [-0.1, -0.05) is 6.92 Å². The van der Waals surface area contributed by atoms with Gasteiger partial charge in [-0.3, -0.25) is 4.57 Å². The summed E-state index contributed by atoms with van der Waals surface area (Å²) < 4.78 is 1.60. The fourth-order valence-corrected chi connectivity index (χ4v) is 1.62. The van der Waals surface area contributed by atoms with E-state index in [4.69, 9.17) is 5.11 Å². The molecule has 0 bridgehead atoms. The molecule has 16 heavy (non-hydrogen) atoms. The molecule has 7 heteroatoms. The molecular formula is C9H16N4O3. The van der Waals surface area contributed by atoms with Crippen molar-refractivity contribution in [3.8, 4) is 0 Å². The van der Waals surface area contributed by atoms with Gasteiger partial charge in [-0.05, 0) is 16.3 Å². The van der Waals surface area contributed by atoms with Gasteiger partial charge in [-0.2, -0.15) is 0 Å². The highest BCUT2D eigenvalue weighted by atomic mass is 16.6. The number of aryl methyl sites for hydroxylation is 1. The maximum atomic E-state index is 10.8. The van der Waals surface area contributed by atoms with Crippen molar-refractivity contribution < 1.29 is 10.0 Å². The predicted octanol–water partition coefficient (Wildman–Crippen LogP) is 0.537. The molecule has 0 amide bonds.